The summed E-state index contributed by atoms with van der Waals surface area (Å²) in [6.45, 7) is 9.01. The van der Waals surface area contributed by atoms with Gasteiger partial charge in [0.15, 0.2) is 0 Å². The van der Waals surface area contributed by atoms with Crippen molar-refractivity contribution in [3.05, 3.63) is 0 Å². The van der Waals surface area contributed by atoms with Crippen LogP contribution in [0.1, 0.15) is 33.6 Å². The van der Waals surface area contributed by atoms with Crippen molar-refractivity contribution in [2.75, 3.05) is 19.6 Å². The van der Waals surface area contributed by atoms with Gasteiger partial charge in [0.25, 0.3) is 0 Å². The summed E-state index contributed by atoms with van der Waals surface area (Å²) in [5.41, 5.74) is 5.44. The first kappa shape index (κ1) is 12.0. The number of nitrogens with zero attached hydrogens (tertiary/aromatic N) is 1. The van der Waals surface area contributed by atoms with E-state index in [2.05, 4.69) is 11.8 Å². The normalized spacial score (nSPS) is 29.8. The van der Waals surface area contributed by atoms with Gasteiger partial charge in [0, 0.05) is 25.7 Å². The molecular formula is C11H24N2O. The maximum absolute atomic E-state index is 10.2. The Morgan fingerprint density at radius 1 is 1.36 bits per heavy atom. The fraction of sp³-hybridized carbons (Fsp3) is 1.00. The fourth-order valence-corrected chi connectivity index (χ4v) is 2.11. The van der Waals surface area contributed by atoms with Crippen molar-refractivity contribution in [1.29, 1.82) is 0 Å². The molecule has 3 heteroatoms. The molecule has 0 amide bonds. The van der Waals surface area contributed by atoms with Crippen LogP contribution in [0.2, 0.25) is 0 Å². The van der Waals surface area contributed by atoms with Gasteiger partial charge in [-0.3, -0.25) is 4.90 Å². The topological polar surface area (TPSA) is 49.5 Å². The minimum atomic E-state index is -0.510. The predicted octanol–water partition coefficient (Wildman–Crippen LogP) is 0.817. The third kappa shape index (κ3) is 2.69. The van der Waals surface area contributed by atoms with Crippen LogP contribution in [-0.2, 0) is 0 Å². The van der Waals surface area contributed by atoms with E-state index in [0.29, 0.717) is 5.92 Å². The number of aliphatic hydroxyl groups is 1. The highest BCUT2D eigenvalue weighted by atomic mass is 16.3. The average Bonchev–Trinajstić information content (AvgIpc) is 2.45. The van der Waals surface area contributed by atoms with Crippen LogP contribution in [0.25, 0.3) is 0 Å². The van der Waals surface area contributed by atoms with Gasteiger partial charge >= 0.3 is 0 Å². The number of nitrogens with two attached hydrogens (primary N) is 1. The Kier molecular flexibility index (Phi) is 3.93. The summed E-state index contributed by atoms with van der Waals surface area (Å²) in [5, 5.41) is 10.2. The second-order valence-corrected chi connectivity index (χ2v) is 4.77. The van der Waals surface area contributed by atoms with E-state index in [0.717, 1.165) is 32.5 Å². The van der Waals surface area contributed by atoms with Crippen LogP contribution < -0.4 is 5.73 Å². The molecule has 84 valence electrons. The van der Waals surface area contributed by atoms with Crippen molar-refractivity contribution in [3.8, 4) is 0 Å². The van der Waals surface area contributed by atoms with E-state index in [-0.39, 0.29) is 6.04 Å². The van der Waals surface area contributed by atoms with Crippen LogP contribution in [0.4, 0.5) is 0 Å². The second-order valence-electron chi connectivity index (χ2n) is 4.77. The molecule has 0 spiro atoms. The Morgan fingerprint density at radius 2 is 1.93 bits per heavy atom. The van der Waals surface area contributed by atoms with E-state index in [9.17, 15) is 5.11 Å². The molecule has 1 heterocycles. The Bertz CT molecular complexity index is 170. The van der Waals surface area contributed by atoms with E-state index in [4.69, 9.17) is 5.73 Å². The first-order chi connectivity index (χ1) is 6.50. The van der Waals surface area contributed by atoms with E-state index >= 15 is 0 Å². The fourth-order valence-electron chi connectivity index (χ4n) is 2.11. The lowest BCUT2D eigenvalue weighted by Crippen LogP contribution is -2.42. The summed E-state index contributed by atoms with van der Waals surface area (Å²) < 4.78 is 0. The maximum atomic E-state index is 10.2. The molecule has 2 atom stereocenters. The number of likely N-dealkylation sites (tertiary alicyclic amines) is 1. The summed E-state index contributed by atoms with van der Waals surface area (Å²) in [7, 11) is 0. The number of hydrogen-bond donors (Lipinski definition) is 2. The summed E-state index contributed by atoms with van der Waals surface area (Å²) >= 11 is 0. The van der Waals surface area contributed by atoms with E-state index in [1.165, 1.54) is 0 Å². The molecule has 1 aliphatic heterocycles. The van der Waals surface area contributed by atoms with Crippen molar-refractivity contribution in [2.24, 2.45) is 11.7 Å². The zero-order valence-corrected chi connectivity index (χ0v) is 9.66. The van der Waals surface area contributed by atoms with Crippen molar-refractivity contribution in [3.63, 3.8) is 0 Å². The molecule has 0 aromatic rings. The highest BCUT2D eigenvalue weighted by Crippen LogP contribution is 2.21. The van der Waals surface area contributed by atoms with Crippen molar-refractivity contribution >= 4 is 0 Å². The number of hydrogen-bond acceptors (Lipinski definition) is 3. The molecule has 0 aromatic heterocycles. The zero-order chi connectivity index (χ0) is 10.8. The Balaban J connectivity index is 2.45. The van der Waals surface area contributed by atoms with Crippen LogP contribution in [-0.4, -0.2) is 41.3 Å². The molecule has 0 aliphatic carbocycles. The third-order valence-electron chi connectivity index (χ3n) is 3.58. The Labute approximate surface area is 87.3 Å². The third-order valence-corrected chi connectivity index (χ3v) is 3.58. The van der Waals surface area contributed by atoms with Crippen LogP contribution in [0.3, 0.4) is 0 Å². The monoisotopic (exact) mass is 200 g/mol. The van der Waals surface area contributed by atoms with Gasteiger partial charge in [0.2, 0.25) is 0 Å². The first-order valence-corrected chi connectivity index (χ1v) is 5.71. The molecule has 1 rings (SSSR count). The molecule has 3 N–H and O–H groups in total. The second kappa shape index (κ2) is 4.60. The van der Waals surface area contributed by atoms with Gasteiger partial charge in [-0.2, -0.15) is 0 Å². The van der Waals surface area contributed by atoms with Gasteiger partial charge in [-0.25, -0.2) is 0 Å². The van der Waals surface area contributed by atoms with Gasteiger partial charge < -0.3 is 10.8 Å². The standard InChI is InChI=1S/C11H24N2O/c1-4-11(14,5-2)8-13-6-9(3)10(12)7-13/h9-10,14H,4-8,12H2,1-3H3. The molecule has 1 aliphatic rings. The molecule has 0 radical (unpaired) electrons. The summed E-state index contributed by atoms with van der Waals surface area (Å²) in [4.78, 5) is 2.29. The van der Waals surface area contributed by atoms with Crippen molar-refractivity contribution < 1.29 is 5.11 Å². The molecule has 2 unspecified atom stereocenters. The van der Waals surface area contributed by atoms with E-state index in [1.807, 2.05) is 13.8 Å². The minimum absolute atomic E-state index is 0.285. The largest absolute Gasteiger partial charge is 0.389 e. The highest BCUT2D eigenvalue weighted by molar-refractivity contribution is 4.88. The molecule has 1 saturated heterocycles. The maximum Gasteiger partial charge on any atom is 0.0768 e. The lowest BCUT2D eigenvalue weighted by molar-refractivity contribution is 0.00161. The highest BCUT2D eigenvalue weighted by Gasteiger charge is 2.32. The summed E-state index contributed by atoms with van der Waals surface area (Å²) in [5.74, 6) is 0.563. The SMILES string of the molecule is CCC(O)(CC)CN1CC(C)C(N)C1. The molecule has 0 bridgehead atoms. The average molecular weight is 200 g/mol. The molecule has 0 aromatic carbocycles. The smallest absolute Gasteiger partial charge is 0.0768 e. The molecular weight excluding hydrogens is 176 g/mol. The molecule has 1 fully saturated rings. The van der Waals surface area contributed by atoms with Gasteiger partial charge in [0.05, 0.1) is 5.60 Å². The number of rotatable bonds is 4. The minimum Gasteiger partial charge on any atom is -0.389 e. The molecule has 14 heavy (non-hydrogen) atoms. The summed E-state index contributed by atoms with van der Waals surface area (Å²) in [6, 6.07) is 0.285. The molecule has 0 saturated carbocycles. The van der Waals surface area contributed by atoms with Gasteiger partial charge in [-0.15, -0.1) is 0 Å². The lowest BCUT2D eigenvalue weighted by atomic mass is 9.97. The molecule has 3 nitrogen and oxygen atoms in total. The first-order valence-electron chi connectivity index (χ1n) is 5.71. The predicted molar refractivity (Wildman–Crippen MR) is 59.1 cm³/mol. The van der Waals surface area contributed by atoms with Crippen molar-refractivity contribution in [2.45, 2.75) is 45.3 Å². The van der Waals surface area contributed by atoms with E-state index in [1.54, 1.807) is 0 Å². The zero-order valence-electron chi connectivity index (χ0n) is 9.66. The van der Waals surface area contributed by atoms with Crippen LogP contribution >= 0.6 is 0 Å². The number of β-amino-alcohol motifs (C(OH)–C–C–N with tert-alkyl or cyclic N) is 1. The van der Waals surface area contributed by atoms with Crippen LogP contribution in [0.15, 0.2) is 0 Å². The van der Waals surface area contributed by atoms with Crippen LogP contribution in [0, 0.1) is 5.92 Å². The quantitative estimate of drug-likeness (QED) is 0.706. The Hall–Kier alpha value is -0.120. The van der Waals surface area contributed by atoms with Crippen LogP contribution in [0.5, 0.6) is 0 Å². The van der Waals surface area contributed by atoms with Gasteiger partial charge in [0.1, 0.15) is 0 Å². The van der Waals surface area contributed by atoms with Gasteiger partial charge in [-0.05, 0) is 18.8 Å². The summed E-state index contributed by atoms with van der Waals surface area (Å²) in [6.07, 6.45) is 1.65. The lowest BCUT2D eigenvalue weighted by Gasteiger charge is -2.30. The van der Waals surface area contributed by atoms with Gasteiger partial charge in [-0.1, -0.05) is 20.8 Å². The van der Waals surface area contributed by atoms with E-state index < -0.39 is 5.60 Å². The van der Waals surface area contributed by atoms with Crippen molar-refractivity contribution in [1.82, 2.24) is 4.90 Å². The Morgan fingerprint density at radius 3 is 2.29 bits per heavy atom.